The molecule has 1 aromatic rings. The second-order valence-electron chi connectivity index (χ2n) is 4.58. The highest BCUT2D eigenvalue weighted by molar-refractivity contribution is 5.92. The summed E-state index contributed by atoms with van der Waals surface area (Å²) in [6, 6.07) is 2.78. The predicted molar refractivity (Wildman–Crippen MR) is 70.9 cm³/mol. The van der Waals surface area contributed by atoms with Crippen LogP contribution in [0.3, 0.4) is 0 Å². The van der Waals surface area contributed by atoms with E-state index in [2.05, 4.69) is 15.1 Å². The first kappa shape index (κ1) is 13.7. The summed E-state index contributed by atoms with van der Waals surface area (Å²) in [4.78, 5) is 27.2. The summed E-state index contributed by atoms with van der Waals surface area (Å²) >= 11 is 0. The number of aromatic amines is 1. The van der Waals surface area contributed by atoms with E-state index >= 15 is 0 Å². The van der Waals surface area contributed by atoms with Gasteiger partial charge in [-0.15, -0.1) is 0 Å². The van der Waals surface area contributed by atoms with E-state index < -0.39 is 0 Å². The topological polar surface area (TPSA) is 95.3 Å². The third kappa shape index (κ3) is 3.62. The van der Waals surface area contributed by atoms with Gasteiger partial charge in [-0.05, 0) is 19.0 Å². The number of hydrogen-bond acceptors (Lipinski definition) is 5. The van der Waals surface area contributed by atoms with E-state index in [-0.39, 0.29) is 17.2 Å². The van der Waals surface area contributed by atoms with Crippen LogP contribution >= 0.6 is 0 Å². The Kier molecular flexibility index (Phi) is 4.64. The van der Waals surface area contributed by atoms with E-state index in [0.717, 1.165) is 26.1 Å². The Morgan fingerprint density at radius 1 is 1.32 bits per heavy atom. The fourth-order valence-corrected chi connectivity index (χ4v) is 2.21. The molecular formula is C12H19N5O2. The van der Waals surface area contributed by atoms with Gasteiger partial charge >= 0.3 is 0 Å². The van der Waals surface area contributed by atoms with Crippen molar-refractivity contribution in [2.45, 2.75) is 6.42 Å². The van der Waals surface area contributed by atoms with Gasteiger partial charge in [-0.1, -0.05) is 0 Å². The Bertz CT molecular complexity index is 467. The molecule has 7 heteroatoms. The Morgan fingerprint density at radius 3 is 2.84 bits per heavy atom. The summed E-state index contributed by atoms with van der Waals surface area (Å²) in [7, 11) is 0. The number of aromatic nitrogens is 2. The number of amides is 1. The van der Waals surface area contributed by atoms with Crippen molar-refractivity contribution in [1.82, 2.24) is 20.0 Å². The van der Waals surface area contributed by atoms with Gasteiger partial charge in [-0.25, -0.2) is 5.10 Å². The second-order valence-corrected chi connectivity index (χ2v) is 4.58. The molecule has 1 aliphatic rings. The van der Waals surface area contributed by atoms with Crippen molar-refractivity contribution in [2.75, 3.05) is 39.3 Å². The van der Waals surface area contributed by atoms with Crippen LogP contribution in [0.4, 0.5) is 0 Å². The smallest absolute Gasteiger partial charge is 0.274 e. The Morgan fingerprint density at radius 2 is 2.16 bits per heavy atom. The highest BCUT2D eigenvalue weighted by Crippen LogP contribution is 2.06. The van der Waals surface area contributed by atoms with E-state index in [1.165, 1.54) is 12.1 Å². The van der Waals surface area contributed by atoms with Crippen molar-refractivity contribution in [3.8, 4) is 0 Å². The number of hydrogen-bond donors (Lipinski definition) is 2. The number of H-pyrrole nitrogens is 1. The summed E-state index contributed by atoms with van der Waals surface area (Å²) in [5.74, 6) is -0.133. The molecule has 19 heavy (non-hydrogen) atoms. The van der Waals surface area contributed by atoms with Gasteiger partial charge in [0.2, 0.25) is 0 Å². The molecule has 0 radical (unpaired) electrons. The molecular weight excluding hydrogens is 246 g/mol. The van der Waals surface area contributed by atoms with Gasteiger partial charge in [-0.2, -0.15) is 5.10 Å². The molecule has 2 rings (SSSR count). The summed E-state index contributed by atoms with van der Waals surface area (Å²) < 4.78 is 0. The first-order chi connectivity index (χ1) is 9.20. The largest absolute Gasteiger partial charge is 0.336 e. The average Bonchev–Trinajstić information content (AvgIpc) is 2.65. The molecule has 1 aliphatic heterocycles. The molecule has 0 atom stereocenters. The average molecular weight is 265 g/mol. The van der Waals surface area contributed by atoms with E-state index in [9.17, 15) is 9.59 Å². The fourth-order valence-electron chi connectivity index (χ4n) is 2.21. The van der Waals surface area contributed by atoms with E-state index in [4.69, 9.17) is 5.73 Å². The molecule has 1 fully saturated rings. The summed E-state index contributed by atoms with van der Waals surface area (Å²) in [5, 5.41) is 6.06. The Balaban J connectivity index is 1.99. The van der Waals surface area contributed by atoms with Crippen LogP contribution in [0.2, 0.25) is 0 Å². The van der Waals surface area contributed by atoms with Crippen molar-refractivity contribution >= 4 is 5.91 Å². The quantitative estimate of drug-likeness (QED) is 0.721. The van der Waals surface area contributed by atoms with Crippen LogP contribution in [0, 0.1) is 0 Å². The van der Waals surface area contributed by atoms with Crippen LogP contribution in [0.15, 0.2) is 16.9 Å². The zero-order valence-corrected chi connectivity index (χ0v) is 10.8. The molecule has 104 valence electrons. The molecule has 0 spiro atoms. The molecule has 1 saturated heterocycles. The first-order valence-corrected chi connectivity index (χ1v) is 6.48. The van der Waals surface area contributed by atoms with Crippen LogP contribution in [0.25, 0.3) is 0 Å². The molecule has 0 aromatic carbocycles. The fraction of sp³-hybridized carbons (Fsp3) is 0.583. The second kappa shape index (κ2) is 6.44. The molecule has 0 aliphatic carbocycles. The number of rotatable bonds is 3. The maximum absolute atomic E-state index is 12.2. The lowest BCUT2D eigenvalue weighted by Gasteiger charge is -2.21. The third-order valence-electron chi connectivity index (χ3n) is 3.22. The van der Waals surface area contributed by atoms with Crippen molar-refractivity contribution in [3.63, 3.8) is 0 Å². The standard InChI is InChI=1S/C12H19N5O2/c13-4-7-16-5-1-6-17(9-8-16)12(19)10-2-3-11(18)15-14-10/h2-3H,1,4-9,13H2,(H,15,18). The molecule has 7 nitrogen and oxygen atoms in total. The number of nitrogens with two attached hydrogens (primary N) is 1. The van der Waals surface area contributed by atoms with Gasteiger partial charge < -0.3 is 15.5 Å². The van der Waals surface area contributed by atoms with Crippen LogP contribution in [-0.4, -0.2) is 65.2 Å². The summed E-state index contributed by atoms with van der Waals surface area (Å²) in [6.07, 6.45) is 0.926. The minimum Gasteiger partial charge on any atom is -0.336 e. The maximum Gasteiger partial charge on any atom is 0.274 e. The van der Waals surface area contributed by atoms with Crippen LogP contribution in [0.5, 0.6) is 0 Å². The van der Waals surface area contributed by atoms with Gasteiger partial charge in [0.1, 0.15) is 5.69 Å². The zero-order chi connectivity index (χ0) is 13.7. The summed E-state index contributed by atoms with van der Waals surface area (Å²) in [6.45, 7) is 4.65. The van der Waals surface area contributed by atoms with Crippen molar-refractivity contribution in [1.29, 1.82) is 0 Å². The molecule has 0 unspecified atom stereocenters. The molecule has 0 saturated carbocycles. The van der Waals surface area contributed by atoms with Gasteiger partial charge in [0.25, 0.3) is 11.5 Å². The van der Waals surface area contributed by atoms with Gasteiger partial charge in [0, 0.05) is 38.8 Å². The molecule has 3 N–H and O–H groups in total. The van der Waals surface area contributed by atoms with Crippen molar-refractivity contribution in [3.05, 3.63) is 28.2 Å². The maximum atomic E-state index is 12.2. The highest BCUT2D eigenvalue weighted by atomic mass is 16.2. The number of nitrogens with zero attached hydrogens (tertiary/aromatic N) is 3. The van der Waals surface area contributed by atoms with E-state index in [0.29, 0.717) is 19.6 Å². The van der Waals surface area contributed by atoms with Crippen LogP contribution in [0.1, 0.15) is 16.9 Å². The number of carbonyl (C=O) groups excluding carboxylic acids is 1. The SMILES string of the molecule is NCCN1CCCN(C(=O)c2ccc(=O)[nH]n2)CC1. The van der Waals surface area contributed by atoms with Gasteiger partial charge in [0.15, 0.2) is 0 Å². The first-order valence-electron chi connectivity index (χ1n) is 6.48. The Labute approximate surface area is 111 Å². The van der Waals surface area contributed by atoms with Crippen molar-refractivity contribution in [2.24, 2.45) is 5.73 Å². The van der Waals surface area contributed by atoms with Crippen LogP contribution < -0.4 is 11.3 Å². The zero-order valence-electron chi connectivity index (χ0n) is 10.8. The predicted octanol–water partition coefficient (Wildman–Crippen LogP) is -1.12. The Hall–Kier alpha value is -1.73. The lowest BCUT2D eigenvalue weighted by molar-refractivity contribution is 0.0754. The minimum absolute atomic E-state index is 0.133. The molecule has 1 amide bonds. The van der Waals surface area contributed by atoms with Crippen LogP contribution in [-0.2, 0) is 0 Å². The number of carbonyl (C=O) groups is 1. The van der Waals surface area contributed by atoms with Gasteiger partial charge in [-0.3, -0.25) is 9.59 Å². The summed E-state index contributed by atoms with van der Waals surface area (Å²) in [5.41, 5.74) is 5.52. The molecule has 1 aromatic heterocycles. The number of nitrogens with one attached hydrogen (secondary N) is 1. The lowest BCUT2D eigenvalue weighted by Crippen LogP contribution is -2.37. The third-order valence-corrected chi connectivity index (χ3v) is 3.22. The normalized spacial score (nSPS) is 17.2. The minimum atomic E-state index is -0.304. The van der Waals surface area contributed by atoms with Gasteiger partial charge in [0.05, 0.1) is 0 Å². The van der Waals surface area contributed by atoms with Crippen molar-refractivity contribution < 1.29 is 4.79 Å². The monoisotopic (exact) mass is 265 g/mol. The highest BCUT2D eigenvalue weighted by Gasteiger charge is 2.20. The molecule has 2 heterocycles. The molecule has 0 bridgehead atoms. The lowest BCUT2D eigenvalue weighted by atomic mass is 10.3. The van der Waals surface area contributed by atoms with E-state index in [1.807, 2.05) is 0 Å². The van der Waals surface area contributed by atoms with E-state index in [1.54, 1.807) is 4.90 Å².